The molecular weight excluding hydrogens is 444 g/mol. The smallest absolute Gasteiger partial charge is 0.194 e. The van der Waals surface area contributed by atoms with Crippen LogP contribution in [0.5, 0.6) is 0 Å². The first-order valence-electron chi connectivity index (χ1n) is 11.7. The minimum atomic E-state index is -0.318. The highest BCUT2D eigenvalue weighted by Crippen LogP contribution is 2.27. The molecule has 5 rings (SSSR count). The number of rotatable bonds is 6. The molecule has 0 aliphatic rings. The van der Waals surface area contributed by atoms with Crippen LogP contribution in [-0.4, -0.2) is 11.6 Å². The minimum Gasteiger partial charge on any atom is -0.289 e. The maximum Gasteiger partial charge on any atom is 0.194 e. The Hall–Kier alpha value is -4.89. The molecule has 0 atom stereocenters. The summed E-state index contributed by atoms with van der Waals surface area (Å²) in [6.07, 6.45) is 0. The molecule has 0 heterocycles. The van der Waals surface area contributed by atoms with Gasteiger partial charge in [-0.1, -0.05) is 121 Å². The van der Waals surface area contributed by atoms with Crippen molar-refractivity contribution >= 4 is 11.6 Å². The van der Waals surface area contributed by atoms with E-state index < -0.39 is 0 Å². The molecule has 0 fully saturated rings. The normalized spacial score (nSPS) is 10.6. The van der Waals surface area contributed by atoms with Crippen LogP contribution in [0, 0.1) is 0 Å². The molecule has 0 radical (unpaired) electrons. The number of carbonyl (C=O) groups is 2. The molecule has 0 bridgehead atoms. The Bertz CT molecular complexity index is 1470. The molecule has 0 unspecified atom stereocenters. The summed E-state index contributed by atoms with van der Waals surface area (Å²) in [7, 11) is 0. The molecule has 0 saturated heterocycles. The largest absolute Gasteiger partial charge is 0.289 e. The van der Waals surface area contributed by atoms with E-state index in [1.54, 1.807) is 60.7 Å². The summed E-state index contributed by atoms with van der Waals surface area (Å²) >= 11 is 0. The van der Waals surface area contributed by atoms with E-state index in [1.165, 1.54) is 0 Å². The highest BCUT2D eigenvalue weighted by Gasteiger charge is 2.23. The van der Waals surface area contributed by atoms with Crippen LogP contribution < -0.4 is 5.43 Å². The summed E-state index contributed by atoms with van der Waals surface area (Å²) in [6.45, 7) is 0. The van der Waals surface area contributed by atoms with Crippen LogP contribution in [0.3, 0.4) is 0 Å². The van der Waals surface area contributed by atoms with Gasteiger partial charge in [0.1, 0.15) is 0 Å². The fourth-order valence-electron chi connectivity index (χ4n) is 4.25. The number of carbonyl (C=O) groups excluding carboxylic acids is 2. The number of benzene rings is 4. The summed E-state index contributed by atoms with van der Waals surface area (Å²) in [6, 6.07) is 39.2. The Kier molecular flexibility index (Phi) is 6.46. The highest BCUT2D eigenvalue weighted by atomic mass is 16.1. The first-order chi connectivity index (χ1) is 17.6. The zero-order valence-corrected chi connectivity index (χ0v) is 19.4. The summed E-state index contributed by atoms with van der Waals surface area (Å²) in [4.78, 5) is 41.6. The van der Waals surface area contributed by atoms with Gasteiger partial charge in [-0.2, -0.15) is 0 Å². The fourth-order valence-corrected chi connectivity index (χ4v) is 4.25. The van der Waals surface area contributed by atoms with E-state index in [0.29, 0.717) is 33.4 Å². The topological polar surface area (TPSA) is 51.2 Å². The molecule has 172 valence electrons. The molecule has 0 amide bonds. The minimum absolute atomic E-state index is 0.188. The van der Waals surface area contributed by atoms with Gasteiger partial charge in [-0.15, -0.1) is 0 Å². The number of hydrogen-bond acceptors (Lipinski definition) is 3. The van der Waals surface area contributed by atoms with Crippen LogP contribution >= 0.6 is 0 Å². The maximum absolute atomic E-state index is 14.0. The van der Waals surface area contributed by atoms with Crippen LogP contribution in [-0.2, 0) is 0 Å². The van der Waals surface area contributed by atoms with Crippen LogP contribution in [0.15, 0.2) is 138 Å². The average Bonchev–Trinajstić information content (AvgIpc) is 3.11. The molecular formula is C33H22O3. The van der Waals surface area contributed by atoms with Crippen LogP contribution in [0.4, 0.5) is 0 Å². The third-order valence-corrected chi connectivity index (χ3v) is 6.09. The van der Waals surface area contributed by atoms with Crippen molar-refractivity contribution in [3.05, 3.63) is 166 Å². The molecule has 0 spiro atoms. The van der Waals surface area contributed by atoms with Crippen LogP contribution in [0.1, 0.15) is 31.8 Å². The Morgan fingerprint density at radius 2 is 0.722 bits per heavy atom. The van der Waals surface area contributed by atoms with Crippen molar-refractivity contribution in [1.29, 1.82) is 0 Å². The van der Waals surface area contributed by atoms with Crippen molar-refractivity contribution in [2.45, 2.75) is 0 Å². The van der Waals surface area contributed by atoms with E-state index in [2.05, 4.69) is 0 Å². The molecule has 5 aromatic rings. The van der Waals surface area contributed by atoms with Crippen LogP contribution in [0.25, 0.3) is 22.3 Å². The quantitative estimate of drug-likeness (QED) is 0.257. The van der Waals surface area contributed by atoms with Gasteiger partial charge in [0.05, 0.1) is 0 Å². The lowest BCUT2D eigenvalue weighted by atomic mass is 9.93. The van der Waals surface area contributed by atoms with Gasteiger partial charge in [-0.05, 0) is 23.3 Å². The van der Waals surface area contributed by atoms with Crippen molar-refractivity contribution in [3.63, 3.8) is 0 Å². The molecule has 0 saturated carbocycles. The van der Waals surface area contributed by atoms with Gasteiger partial charge in [0.15, 0.2) is 17.0 Å². The Morgan fingerprint density at radius 1 is 0.417 bits per heavy atom. The van der Waals surface area contributed by atoms with Crippen molar-refractivity contribution in [1.82, 2.24) is 0 Å². The van der Waals surface area contributed by atoms with Gasteiger partial charge in [-0.25, -0.2) is 0 Å². The lowest BCUT2D eigenvalue weighted by Crippen LogP contribution is -2.10. The molecule has 3 heteroatoms. The maximum atomic E-state index is 14.0. The Balaban J connectivity index is 1.89. The van der Waals surface area contributed by atoms with Gasteiger partial charge >= 0.3 is 0 Å². The zero-order chi connectivity index (χ0) is 24.9. The lowest BCUT2D eigenvalue weighted by Gasteiger charge is -2.07. The summed E-state index contributed by atoms with van der Waals surface area (Å²) in [5.41, 5.74) is 3.09. The van der Waals surface area contributed by atoms with Gasteiger partial charge < -0.3 is 0 Å². The molecule has 0 aromatic heterocycles. The van der Waals surface area contributed by atoms with E-state index in [1.807, 2.05) is 72.8 Å². The summed E-state index contributed by atoms with van der Waals surface area (Å²) in [5, 5.41) is 0. The van der Waals surface area contributed by atoms with Crippen molar-refractivity contribution < 1.29 is 9.59 Å². The fraction of sp³-hybridized carbons (Fsp3) is 0. The highest BCUT2D eigenvalue weighted by molar-refractivity contribution is 6.20. The molecule has 0 N–H and O–H groups in total. The second-order valence-corrected chi connectivity index (χ2v) is 8.39. The van der Waals surface area contributed by atoms with Crippen molar-refractivity contribution in [2.24, 2.45) is 0 Å². The molecule has 0 aliphatic heterocycles. The first-order valence-corrected chi connectivity index (χ1v) is 11.7. The average molecular weight is 467 g/mol. The van der Waals surface area contributed by atoms with Gasteiger partial charge in [-0.3, -0.25) is 14.4 Å². The molecule has 3 nitrogen and oxygen atoms in total. The standard InChI is InChI=1S/C33H22O3/c34-31(25-17-9-3-10-18-25)29-21-27(23-13-5-1-6-14-23)33(36)28(24-15-7-2-8-16-24)22-30(29)32(35)26-19-11-4-12-20-26/h1-22H. The summed E-state index contributed by atoms with van der Waals surface area (Å²) < 4.78 is 0. The van der Waals surface area contributed by atoms with E-state index in [-0.39, 0.29) is 28.1 Å². The van der Waals surface area contributed by atoms with Crippen molar-refractivity contribution in [3.8, 4) is 22.3 Å². The Labute approximate surface area is 209 Å². The third kappa shape index (κ3) is 4.55. The second-order valence-electron chi connectivity index (χ2n) is 8.39. The van der Waals surface area contributed by atoms with E-state index in [4.69, 9.17) is 0 Å². The first kappa shape index (κ1) is 22.9. The predicted molar refractivity (Wildman–Crippen MR) is 143 cm³/mol. The van der Waals surface area contributed by atoms with E-state index >= 15 is 0 Å². The number of hydrogen-bond donors (Lipinski definition) is 0. The van der Waals surface area contributed by atoms with Gasteiger partial charge in [0, 0.05) is 33.4 Å². The lowest BCUT2D eigenvalue weighted by molar-refractivity contribution is 0.100. The monoisotopic (exact) mass is 466 g/mol. The van der Waals surface area contributed by atoms with E-state index in [9.17, 15) is 14.4 Å². The number of ketones is 2. The second kappa shape index (κ2) is 10.2. The summed E-state index contributed by atoms with van der Waals surface area (Å²) in [5.74, 6) is -0.636. The van der Waals surface area contributed by atoms with Gasteiger partial charge in [0.2, 0.25) is 0 Å². The van der Waals surface area contributed by atoms with Gasteiger partial charge in [0.25, 0.3) is 0 Å². The van der Waals surface area contributed by atoms with E-state index in [0.717, 1.165) is 0 Å². The third-order valence-electron chi connectivity index (χ3n) is 6.09. The van der Waals surface area contributed by atoms with Crippen LogP contribution in [0.2, 0.25) is 0 Å². The predicted octanol–water partition coefficient (Wildman–Crippen LogP) is 6.84. The molecule has 0 aliphatic carbocycles. The molecule has 36 heavy (non-hydrogen) atoms. The SMILES string of the molecule is O=C(c1ccccc1)c1cc(-c2ccccc2)c(=O)c(-c2ccccc2)cc1C(=O)c1ccccc1. The zero-order valence-electron chi connectivity index (χ0n) is 19.4. The molecule has 5 aromatic carbocycles. The van der Waals surface area contributed by atoms with Crippen molar-refractivity contribution in [2.75, 3.05) is 0 Å². The Morgan fingerprint density at radius 3 is 1.06 bits per heavy atom.